The smallest absolute Gasteiger partial charge is 0.254 e. The second kappa shape index (κ2) is 6.68. The number of aryl methyl sites for hydroxylation is 2. The van der Waals surface area contributed by atoms with Crippen LogP contribution in [0.5, 0.6) is 0 Å². The Bertz CT molecular complexity index is 952. The van der Waals surface area contributed by atoms with E-state index in [4.69, 9.17) is 17.3 Å². The van der Waals surface area contributed by atoms with Crippen LogP contribution >= 0.6 is 11.6 Å². The first-order valence-electron chi connectivity index (χ1n) is 7.82. The Labute approximate surface area is 150 Å². The number of nitrogens with zero attached hydrogens (tertiary/aromatic N) is 5. The molecule has 2 heterocycles. The van der Waals surface area contributed by atoms with Crippen LogP contribution in [0.15, 0.2) is 24.3 Å². The predicted octanol–water partition coefficient (Wildman–Crippen LogP) is 2.18. The van der Waals surface area contributed by atoms with Crippen molar-refractivity contribution in [3.05, 3.63) is 51.8 Å². The molecule has 0 atom stereocenters. The number of halogens is 1. The Morgan fingerprint density at radius 3 is 2.72 bits per heavy atom. The quantitative estimate of drug-likeness (QED) is 0.772. The van der Waals surface area contributed by atoms with Gasteiger partial charge in [-0.2, -0.15) is 9.50 Å². The zero-order valence-electron chi connectivity index (χ0n) is 14.3. The molecule has 0 saturated carbocycles. The summed E-state index contributed by atoms with van der Waals surface area (Å²) in [4.78, 5) is 22.8. The van der Waals surface area contributed by atoms with Crippen LogP contribution in [0.4, 0.5) is 5.95 Å². The number of carbonyl (C=O) groups is 1. The number of amides is 1. The lowest BCUT2D eigenvalue weighted by Gasteiger charge is -2.19. The van der Waals surface area contributed by atoms with Gasteiger partial charge in [0.05, 0.1) is 6.42 Å². The largest absolute Gasteiger partial charge is 0.366 e. The first-order valence-corrected chi connectivity index (χ1v) is 8.20. The Hall–Kier alpha value is -2.67. The predicted molar refractivity (Wildman–Crippen MR) is 96.3 cm³/mol. The van der Waals surface area contributed by atoms with Crippen LogP contribution in [0, 0.1) is 13.8 Å². The lowest BCUT2D eigenvalue weighted by Crippen LogP contribution is -2.28. The number of carbonyl (C=O) groups excluding carboxylic acids is 1. The Morgan fingerprint density at radius 1 is 1.28 bits per heavy atom. The van der Waals surface area contributed by atoms with Gasteiger partial charge in [0.25, 0.3) is 5.78 Å². The Kier molecular flexibility index (Phi) is 4.59. The van der Waals surface area contributed by atoms with Gasteiger partial charge in [-0.15, -0.1) is 5.10 Å². The van der Waals surface area contributed by atoms with E-state index in [2.05, 4.69) is 15.1 Å². The molecule has 130 valence electrons. The van der Waals surface area contributed by atoms with Crippen molar-refractivity contribution in [3.8, 4) is 0 Å². The fourth-order valence-corrected chi connectivity index (χ4v) is 2.93. The molecule has 7 nitrogen and oxygen atoms in total. The van der Waals surface area contributed by atoms with Gasteiger partial charge in [-0.3, -0.25) is 4.79 Å². The third kappa shape index (κ3) is 3.41. The molecule has 3 rings (SSSR count). The number of nitrogens with two attached hydrogens (primary N) is 1. The maximum atomic E-state index is 12.7. The number of anilines is 1. The van der Waals surface area contributed by atoms with Crippen molar-refractivity contribution >= 4 is 29.2 Å². The summed E-state index contributed by atoms with van der Waals surface area (Å²) in [5.41, 5.74) is 8.93. The Balaban J connectivity index is 1.83. The van der Waals surface area contributed by atoms with Gasteiger partial charge >= 0.3 is 0 Å². The highest BCUT2D eigenvalue weighted by molar-refractivity contribution is 6.31. The molecule has 8 heteroatoms. The summed E-state index contributed by atoms with van der Waals surface area (Å²) >= 11 is 6.17. The summed E-state index contributed by atoms with van der Waals surface area (Å²) < 4.78 is 1.57. The van der Waals surface area contributed by atoms with Gasteiger partial charge in [0.15, 0.2) is 0 Å². The number of likely N-dealkylation sites (N-methyl/N-ethyl adjacent to an activating group) is 1. The van der Waals surface area contributed by atoms with Gasteiger partial charge in [-0.1, -0.05) is 29.8 Å². The number of aromatic nitrogens is 4. The molecule has 1 aromatic carbocycles. The van der Waals surface area contributed by atoms with Gasteiger partial charge in [0.1, 0.15) is 0 Å². The molecule has 0 fully saturated rings. The molecule has 0 aliphatic heterocycles. The van der Waals surface area contributed by atoms with E-state index in [0.717, 1.165) is 22.5 Å². The number of rotatable bonds is 4. The summed E-state index contributed by atoms with van der Waals surface area (Å²) in [6.07, 6.45) is 0.224. The van der Waals surface area contributed by atoms with Crippen molar-refractivity contribution < 1.29 is 4.79 Å². The Morgan fingerprint density at radius 2 is 2.00 bits per heavy atom. The van der Waals surface area contributed by atoms with Crippen LogP contribution in [-0.2, 0) is 17.8 Å². The fraction of sp³-hybridized carbons (Fsp3) is 0.294. The van der Waals surface area contributed by atoms with Gasteiger partial charge < -0.3 is 10.6 Å². The molecular formula is C17H19ClN6O. The third-order valence-corrected chi connectivity index (χ3v) is 4.55. The van der Waals surface area contributed by atoms with Crippen molar-refractivity contribution in [2.24, 2.45) is 0 Å². The first kappa shape index (κ1) is 17.2. The van der Waals surface area contributed by atoms with Crippen molar-refractivity contribution in [1.29, 1.82) is 0 Å². The number of hydrogen-bond acceptors (Lipinski definition) is 5. The molecule has 0 aliphatic carbocycles. The zero-order valence-corrected chi connectivity index (χ0v) is 15.1. The van der Waals surface area contributed by atoms with E-state index in [1.54, 1.807) is 16.5 Å². The van der Waals surface area contributed by atoms with Gasteiger partial charge in [-0.25, -0.2) is 4.98 Å². The summed E-state index contributed by atoms with van der Waals surface area (Å²) in [5, 5.41) is 4.77. The van der Waals surface area contributed by atoms with Crippen LogP contribution in [0.1, 0.15) is 22.5 Å². The molecule has 0 bridgehead atoms. The van der Waals surface area contributed by atoms with E-state index in [-0.39, 0.29) is 18.3 Å². The average molecular weight is 359 g/mol. The highest BCUT2D eigenvalue weighted by Crippen LogP contribution is 2.19. The number of fused-ring (bicyclic) bond motifs is 1. The van der Waals surface area contributed by atoms with Crippen LogP contribution < -0.4 is 5.73 Å². The second-order valence-corrected chi connectivity index (χ2v) is 6.37. The lowest BCUT2D eigenvalue weighted by molar-refractivity contribution is -0.129. The zero-order chi connectivity index (χ0) is 18.1. The number of benzene rings is 1. The van der Waals surface area contributed by atoms with Crippen LogP contribution in [0.2, 0.25) is 5.02 Å². The minimum atomic E-state index is -0.0274. The summed E-state index contributed by atoms with van der Waals surface area (Å²) in [5.74, 6) is 0.572. The number of nitrogen functional groups attached to an aromatic ring is 1. The molecule has 2 N–H and O–H groups in total. The molecular weight excluding hydrogens is 340 g/mol. The maximum absolute atomic E-state index is 12.7. The molecule has 25 heavy (non-hydrogen) atoms. The fourth-order valence-electron chi connectivity index (χ4n) is 2.74. The van der Waals surface area contributed by atoms with Crippen LogP contribution in [0.3, 0.4) is 0 Å². The van der Waals surface area contributed by atoms with Crippen molar-refractivity contribution in [1.82, 2.24) is 24.5 Å². The van der Waals surface area contributed by atoms with Gasteiger partial charge in [0.2, 0.25) is 11.9 Å². The molecule has 0 radical (unpaired) electrons. The lowest BCUT2D eigenvalue weighted by atomic mass is 10.1. The molecule has 0 unspecified atom stereocenters. The van der Waals surface area contributed by atoms with Crippen LogP contribution in [-0.4, -0.2) is 37.4 Å². The van der Waals surface area contributed by atoms with Gasteiger partial charge in [-0.05, 0) is 25.5 Å². The molecule has 2 aromatic heterocycles. The van der Waals surface area contributed by atoms with E-state index in [9.17, 15) is 4.79 Å². The van der Waals surface area contributed by atoms with E-state index in [0.29, 0.717) is 17.3 Å². The number of hydrogen-bond donors (Lipinski definition) is 1. The summed E-state index contributed by atoms with van der Waals surface area (Å²) in [6, 6.07) is 7.50. The summed E-state index contributed by atoms with van der Waals surface area (Å²) in [6.45, 7) is 4.18. The maximum Gasteiger partial charge on any atom is 0.254 e. The molecule has 0 saturated heterocycles. The molecule has 1 amide bonds. The summed E-state index contributed by atoms with van der Waals surface area (Å²) in [7, 11) is 1.76. The third-order valence-electron chi connectivity index (χ3n) is 4.18. The average Bonchev–Trinajstić information content (AvgIpc) is 2.93. The highest BCUT2D eigenvalue weighted by Gasteiger charge is 2.18. The minimum Gasteiger partial charge on any atom is -0.366 e. The molecule has 0 aliphatic rings. The van der Waals surface area contributed by atoms with Crippen molar-refractivity contribution in [2.75, 3.05) is 12.8 Å². The van der Waals surface area contributed by atoms with E-state index in [1.807, 2.05) is 38.1 Å². The van der Waals surface area contributed by atoms with Crippen molar-refractivity contribution in [3.63, 3.8) is 0 Å². The van der Waals surface area contributed by atoms with E-state index < -0.39 is 0 Å². The second-order valence-electron chi connectivity index (χ2n) is 5.96. The first-order chi connectivity index (χ1) is 11.9. The normalized spacial score (nSPS) is 11.0. The standard InChI is InChI=1S/C17H19ClN6O/c1-10-13(11(2)24-17(20-10)21-16(19)22-24)8-15(25)23(3)9-12-6-4-5-7-14(12)18/h4-7H,8-9H2,1-3H3,(H2,19,22). The van der Waals surface area contributed by atoms with E-state index >= 15 is 0 Å². The SMILES string of the molecule is Cc1nc2nc(N)nn2c(C)c1CC(=O)N(C)Cc1ccccc1Cl. The topological polar surface area (TPSA) is 89.4 Å². The van der Waals surface area contributed by atoms with Crippen LogP contribution in [0.25, 0.3) is 5.78 Å². The van der Waals surface area contributed by atoms with Crippen molar-refractivity contribution in [2.45, 2.75) is 26.8 Å². The molecule has 3 aromatic rings. The monoisotopic (exact) mass is 358 g/mol. The minimum absolute atomic E-state index is 0.0274. The van der Waals surface area contributed by atoms with Gasteiger partial charge in [0, 0.05) is 35.6 Å². The molecule has 0 spiro atoms. The highest BCUT2D eigenvalue weighted by atomic mass is 35.5. The van der Waals surface area contributed by atoms with E-state index in [1.165, 1.54) is 0 Å².